The molecule has 5 rings (SSSR count). The maximum absolute atomic E-state index is 14.7. The van der Waals surface area contributed by atoms with Gasteiger partial charge in [-0.15, -0.1) is 0 Å². The molecule has 0 radical (unpaired) electrons. The molecule has 12 heteroatoms. The molecule has 0 bridgehead atoms. The van der Waals surface area contributed by atoms with Crippen molar-refractivity contribution in [2.24, 2.45) is 39.9 Å². The number of rotatable bonds is 11. The van der Waals surface area contributed by atoms with E-state index < -0.39 is 95.0 Å². The third-order valence-corrected chi connectivity index (χ3v) is 13.8. The molecule has 1 heterocycles. The summed E-state index contributed by atoms with van der Waals surface area (Å²) >= 11 is 0. The summed E-state index contributed by atoms with van der Waals surface area (Å²) in [6.07, 6.45) is -7.24. The monoisotopic (exact) mass is 666 g/mol. The number of hydrogen-bond donors (Lipinski definition) is 8. The van der Waals surface area contributed by atoms with Crippen LogP contribution in [0.5, 0.6) is 0 Å². The molecule has 0 spiro atoms. The molecule has 266 valence electrons. The molecular formula is C35H54O12. The van der Waals surface area contributed by atoms with E-state index in [0.717, 1.165) is 5.57 Å². The van der Waals surface area contributed by atoms with Gasteiger partial charge in [0.25, 0.3) is 0 Å². The Morgan fingerprint density at radius 1 is 0.872 bits per heavy atom. The second kappa shape index (κ2) is 12.8. The Morgan fingerprint density at radius 3 is 1.96 bits per heavy atom. The fourth-order valence-electron chi connectivity index (χ4n) is 11.2. The smallest absolute Gasteiger partial charge is 0.331 e. The lowest BCUT2D eigenvalue weighted by Crippen LogP contribution is -2.70. The van der Waals surface area contributed by atoms with Gasteiger partial charge in [-0.3, -0.25) is 9.59 Å². The van der Waals surface area contributed by atoms with Crippen LogP contribution in [0.25, 0.3) is 0 Å². The SMILES string of the molecule is CC(O)C(O)C(O)CC(=O)C1(C(=O)CC(O)C(O)C(C)O)C[C@H](O)C[C@H]2CC[C@@H]3[C@H](CC[C@]4(C)[C@@H](C5=CC(=O)OC5)CC[C@]34O)[C@]21C. The molecule has 4 fully saturated rings. The Bertz CT molecular complexity index is 1230. The Hall–Kier alpha value is -1.77. The number of Topliss-reactive ketones (excluding diaryl/α,β-unsaturated/α-hetero) is 2. The highest BCUT2D eigenvalue weighted by Gasteiger charge is 2.74. The van der Waals surface area contributed by atoms with Crippen LogP contribution in [-0.4, -0.2) is 113 Å². The number of carbonyl (C=O) groups is 3. The normalized spacial score (nSPS) is 43.7. The zero-order valence-corrected chi connectivity index (χ0v) is 27.9. The number of aliphatic hydroxyl groups is 8. The van der Waals surface area contributed by atoms with Crippen molar-refractivity contribution in [3.05, 3.63) is 11.6 Å². The van der Waals surface area contributed by atoms with E-state index in [1.54, 1.807) is 0 Å². The second-order valence-corrected chi connectivity index (χ2v) is 15.9. The first-order valence-electron chi connectivity index (χ1n) is 17.3. The van der Waals surface area contributed by atoms with Crippen molar-refractivity contribution in [1.82, 2.24) is 0 Å². The van der Waals surface area contributed by atoms with Crippen molar-refractivity contribution in [3.8, 4) is 0 Å². The van der Waals surface area contributed by atoms with Gasteiger partial charge in [0.1, 0.15) is 30.4 Å². The van der Waals surface area contributed by atoms with Gasteiger partial charge < -0.3 is 45.6 Å². The number of cyclic esters (lactones) is 1. The number of fused-ring (bicyclic) bond motifs is 5. The predicted octanol–water partition coefficient (Wildman–Crippen LogP) is 0.324. The zero-order valence-electron chi connectivity index (χ0n) is 27.9. The minimum atomic E-state index is -1.98. The molecule has 0 aromatic rings. The van der Waals surface area contributed by atoms with E-state index in [-0.39, 0.29) is 36.7 Å². The predicted molar refractivity (Wildman–Crippen MR) is 166 cm³/mol. The molecule has 0 aromatic heterocycles. The number of aliphatic hydroxyl groups excluding tert-OH is 7. The molecule has 4 saturated carbocycles. The first-order valence-corrected chi connectivity index (χ1v) is 17.3. The zero-order chi connectivity index (χ0) is 34.9. The molecule has 0 amide bonds. The van der Waals surface area contributed by atoms with Gasteiger partial charge in [0.05, 0.1) is 41.5 Å². The average molecular weight is 667 g/mol. The Balaban J connectivity index is 1.60. The summed E-state index contributed by atoms with van der Waals surface area (Å²) in [6, 6.07) is 0. The maximum atomic E-state index is 14.7. The molecule has 5 aliphatic rings. The fourth-order valence-corrected chi connectivity index (χ4v) is 11.2. The molecule has 12 nitrogen and oxygen atoms in total. The number of ketones is 2. The van der Waals surface area contributed by atoms with Crippen molar-refractivity contribution in [3.63, 3.8) is 0 Å². The topological polar surface area (TPSA) is 222 Å². The average Bonchev–Trinajstić information content (AvgIpc) is 3.55. The summed E-state index contributed by atoms with van der Waals surface area (Å²) in [4.78, 5) is 41.4. The quantitative estimate of drug-likeness (QED) is 0.110. The molecular weight excluding hydrogens is 612 g/mol. The summed E-state index contributed by atoms with van der Waals surface area (Å²) < 4.78 is 5.23. The van der Waals surface area contributed by atoms with Crippen molar-refractivity contribution in [1.29, 1.82) is 0 Å². The third-order valence-electron chi connectivity index (χ3n) is 13.8. The minimum absolute atomic E-state index is 0.0826. The van der Waals surface area contributed by atoms with Gasteiger partial charge >= 0.3 is 5.97 Å². The number of hydrogen-bond acceptors (Lipinski definition) is 12. The van der Waals surface area contributed by atoms with Crippen LogP contribution in [0.4, 0.5) is 0 Å². The lowest BCUT2D eigenvalue weighted by molar-refractivity contribution is -0.238. The summed E-state index contributed by atoms with van der Waals surface area (Å²) in [5, 5.41) is 86.4. The van der Waals surface area contributed by atoms with Crippen LogP contribution >= 0.6 is 0 Å². The van der Waals surface area contributed by atoms with Crippen LogP contribution in [0.15, 0.2) is 11.6 Å². The van der Waals surface area contributed by atoms with E-state index in [9.17, 15) is 55.2 Å². The standard InChI is InChI=1S/C35H54O12/c1-17(36)30(44)25(39)13-27(41)34(28(42)14-26(40)31(45)18(2)37)15-21(38)12-20-5-6-24-23(33(20,34)4)7-9-32(3)22(8-10-35(24,32)46)19-11-29(43)47-16-19/h11,17-18,20-26,30-31,36-40,44-46H,5-10,12-16H2,1-4H3/t17?,18?,20-,21-,22-,23+,24-,25?,26?,30?,31?,32-,33+,34?,35+/m1/s1. The third kappa shape index (κ3) is 5.55. The molecule has 1 aliphatic heterocycles. The molecule has 6 unspecified atom stereocenters. The van der Waals surface area contributed by atoms with E-state index in [2.05, 4.69) is 6.92 Å². The van der Waals surface area contributed by atoms with Gasteiger partial charge in [-0.2, -0.15) is 0 Å². The summed E-state index contributed by atoms with van der Waals surface area (Å²) in [7, 11) is 0. The first kappa shape index (κ1) is 36.5. The Morgan fingerprint density at radius 2 is 1.45 bits per heavy atom. The second-order valence-electron chi connectivity index (χ2n) is 15.9. The molecule has 4 aliphatic carbocycles. The summed E-state index contributed by atoms with van der Waals surface area (Å²) in [5.41, 5.74) is -4.07. The van der Waals surface area contributed by atoms with E-state index in [4.69, 9.17) is 4.74 Å². The number of ether oxygens (including phenoxy) is 1. The van der Waals surface area contributed by atoms with Crippen molar-refractivity contribution < 1.29 is 60.0 Å². The van der Waals surface area contributed by atoms with Gasteiger partial charge in [-0.05, 0) is 99.9 Å². The van der Waals surface area contributed by atoms with Crippen LogP contribution < -0.4 is 0 Å². The molecule has 47 heavy (non-hydrogen) atoms. The van der Waals surface area contributed by atoms with E-state index >= 15 is 0 Å². The van der Waals surface area contributed by atoms with Crippen LogP contribution in [0, 0.1) is 39.9 Å². The fraction of sp³-hybridized carbons (Fsp3) is 0.857. The van der Waals surface area contributed by atoms with Gasteiger partial charge in [0.2, 0.25) is 0 Å². The van der Waals surface area contributed by atoms with Crippen LogP contribution in [0.2, 0.25) is 0 Å². The highest BCUT2D eigenvalue weighted by atomic mass is 16.5. The highest BCUT2D eigenvalue weighted by molar-refractivity contribution is 6.08. The molecule has 14 atom stereocenters. The summed E-state index contributed by atoms with van der Waals surface area (Å²) in [6.45, 7) is 6.62. The lowest BCUT2D eigenvalue weighted by atomic mass is 9.36. The molecule has 8 N–H and O–H groups in total. The van der Waals surface area contributed by atoms with Crippen molar-refractivity contribution in [2.45, 2.75) is 140 Å². The van der Waals surface area contributed by atoms with Gasteiger partial charge in [-0.25, -0.2) is 4.79 Å². The lowest BCUT2D eigenvalue weighted by Gasteiger charge is -2.68. The van der Waals surface area contributed by atoms with Gasteiger partial charge in [-0.1, -0.05) is 13.8 Å². The van der Waals surface area contributed by atoms with Crippen molar-refractivity contribution >= 4 is 17.5 Å². The number of carbonyl (C=O) groups excluding carboxylic acids is 3. The number of esters is 1. The summed E-state index contributed by atoms with van der Waals surface area (Å²) in [5.74, 6) is -3.02. The van der Waals surface area contributed by atoms with Gasteiger partial charge in [0, 0.05) is 24.3 Å². The largest absolute Gasteiger partial charge is 0.458 e. The molecule has 0 saturated heterocycles. The Labute approximate surface area is 275 Å². The van der Waals surface area contributed by atoms with Gasteiger partial charge in [0.15, 0.2) is 0 Å². The Kier molecular flexibility index (Phi) is 9.98. The van der Waals surface area contributed by atoms with E-state index in [1.807, 2.05) is 6.92 Å². The minimum Gasteiger partial charge on any atom is -0.458 e. The maximum Gasteiger partial charge on any atom is 0.331 e. The van der Waals surface area contributed by atoms with Crippen LogP contribution in [0.3, 0.4) is 0 Å². The van der Waals surface area contributed by atoms with Crippen LogP contribution in [0.1, 0.15) is 91.9 Å². The van der Waals surface area contributed by atoms with E-state index in [1.165, 1.54) is 19.9 Å². The molecule has 0 aromatic carbocycles. The first-order chi connectivity index (χ1) is 21.8. The highest BCUT2D eigenvalue weighted by Crippen LogP contribution is 2.73. The van der Waals surface area contributed by atoms with Crippen molar-refractivity contribution in [2.75, 3.05) is 6.61 Å². The van der Waals surface area contributed by atoms with E-state index in [0.29, 0.717) is 44.9 Å². The van der Waals surface area contributed by atoms with Crippen LogP contribution in [-0.2, 0) is 19.1 Å².